The second-order valence-corrected chi connectivity index (χ2v) is 7.24. The maximum absolute atomic E-state index is 12.5. The molecular weight excluding hydrogens is 316 g/mol. The molecule has 25 heavy (non-hydrogen) atoms. The van der Waals surface area contributed by atoms with Crippen molar-refractivity contribution in [2.75, 3.05) is 32.8 Å². The van der Waals surface area contributed by atoms with E-state index in [-0.39, 0.29) is 17.7 Å². The van der Waals surface area contributed by atoms with Gasteiger partial charge in [-0.15, -0.1) is 0 Å². The third-order valence-corrected chi connectivity index (χ3v) is 5.33. The van der Waals surface area contributed by atoms with Crippen LogP contribution in [-0.4, -0.2) is 49.6 Å². The minimum absolute atomic E-state index is 0.0295. The molecule has 1 N–H and O–H groups in total. The number of hydrogen-bond acceptors (Lipinski definition) is 3. The number of rotatable bonds is 5. The predicted molar refractivity (Wildman–Crippen MR) is 96.4 cm³/mol. The number of aryl methyl sites for hydroxylation is 1. The number of likely N-dealkylation sites (tertiary alicyclic amines) is 1. The van der Waals surface area contributed by atoms with Crippen LogP contribution < -0.4 is 5.32 Å². The third kappa shape index (κ3) is 4.82. The first-order chi connectivity index (χ1) is 12.1. The molecule has 0 aromatic heterocycles. The van der Waals surface area contributed by atoms with E-state index in [2.05, 4.69) is 5.32 Å². The Morgan fingerprint density at radius 3 is 2.52 bits per heavy atom. The molecule has 1 aromatic carbocycles. The van der Waals surface area contributed by atoms with Crippen LogP contribution in [0.4, 0.5) is 0 Å². The Labute approximate surface area is 149 Å². The van der Waals surface area contributed by atoms with E-state index in [4.69, 9.17) is 4.74 Å². The summed E-state index contributed by atoms with van der Waals surface area (Å²) in [6, 6.07) is 7.68. The Morgan fingerprint density at radius 1 is 1.16 bits per heavy atom. The van der Waals surface area contributed by atoms with E-state index in [1.807, 2.05) is 36.1 Å². The van der Waals surface area contributed by atoms with Crippen LogP contribution in [0.15, 0.2) is 24.3 Å². The highest BCUT2D eigenvalue weighted by Gasteiger charge is 2.27. The predicted octanol–water partition coefficient (Wildman–Crippen LogP) is 2.39. The average Bonchev–Trinajstić information content (AvgIpc) is 3.15. The fraction of sp³-hybridized carbons (Fsp3) is 0.600. The molecule has 5 nitrogen and oxygen atoms in total. The number of hydrogen-bond donors (Lipinski definition) is 1. The summed E-state index contributed by atoms with van der Waals surface area (Å²) in [4.78, 5) is 26.7. The molecule has 1 atom stereocenters. The maximum atomic E-state index is 12.5. The fourth-order valence-corrected chi connectivity index (χ4v) is 3.58. The Hall–Kier alpha value is -1.88. The lowest BCUT2D eigenvalue weighted by atomic mass is 9.95. The van der Waals surface area contributed by atoms with Crippen LogP contribution >= 0.6 is 0 Å². The number of nitrogens with zero attached hydrogens (tertiary/aromatic N) is 1. The lowest BCUT2D eigenvalue weighted by Gasteiger charge is -2.31. The minimum Gasteiger partial charge on any atom is -0.381 e. The van der Waals surface area contributed by atoms with Gasteiger partial charge in [0.25, 0.3) is 5.91 Å². The second kappa shape index (κ2) is 8.48. The van der Waals surface area contributed by atoms with Crippen LogP contribution in [-0.2, 0) is 9.53 Å². The van der Waals surface area contributed by atoms with Crippen LogP contribution in [0, 0.1) is 18.8 Å². The Balaban J connectivity index is 1.40. The molecule has 1 aromatic rings. The Morgan fingerprint density at radius 2 is 1.88 bits per heavy atom. The quantitative estimate of drug-likeness (QED) is 0.892. The van der Waals surface area contributed by atoms with Crippen molar-refractivity contribution in [1.29, 1.82) is 0 Å². The molecule has 0 aliphatic carbocycles. The first kappa shape index (κ1) is 17.9. The zero-order valence-corrected chi connectivity index (χ0v) is 15.0. The summed E-state index contributed by atoms with van der Waals surface area (Å²) < 4.78 is 5.36. The van der Waals surface area contributed by atoms with Crippen molar-refractivity contribution >= 4 is 11.8 Å². The molecule has 2 fully saturated rings. The third-order valence-electron chi connectivity index (χ3n) is 5.33. The van der Waals surface area contributed by atoms with Crippen LogP contribution in [0.3, 0.4) is 0 Å². The second-order valence-electron chi connectivity index (χ2n) is 7.24. The van der Waals surface area contributed by atoms with Gasteiger partial charge in [0.2, 0.25) is 5.91 Å². The molecule has 0 saturated carbocycles. The van der Waals surface area contributed by atoms with Crippen LogP contribution in [0.25, 0.3) is 0 Å². The minimum atomic E-state index is 0.0295. The van der Waals surface area contributed by atoms with Crippen molar-refractivity contribution in [3.05, 3.63) is 35.4 Å². The summed E-state index contributed by atoms with van der Waals surface area (Å²) in [6.07, 6.45) is 3.60. The number of piperidine rings is 1. The molecule has 5 heteroatoms. The van der Waals surface area contributed by atoms with Crippen LogP contribution in [0.1, 0.15) is 41.6 Å². The van der Waals surface area contributed by atoms with Gasteiger partial charge in [-0.3, -0.25) is 9.59 Å². The first-order valence-corrected chi connectivity index (χ1v) is 9.35. The summed E-state index contributed by atoms with van der Waals surface area (Å²) in [7, 11) is 0. The molecule has 0 bridgehead atoms. The molecule has 2 amide bonds. The number of ether oxygens (including phenoxy) is 1. The molecule has 0 spiro atoms. The fourth-order valence-electron chi connectivity index (χ4n) is 3.58. The number of benzene rings is 1. The lowest BCUT2D eigenvalue weighted by Crippen LogP contribution is -2.43. The number of carbonyl (C=O) groups is 2. The maximum Gasteiger partial charge on any atom is 0.253 e. The van der Waals surface area contributed by atoms with E-state index >= 15 is 0 Å². The van der Waals surface area contributed by atoms with Crippen molar-refractivity contribution in [2.24, 2.45) is 11.8 Å². The highest BCUT2D eigenvalue weighted by molar-refractivity contribution is 5.94. The van der Waals surface area contributed by atoms with Gasteiger partial charge < -0.3 is 15.0 Å². The van der Waals surface area contributed by atoms with Gasteiger partial charge in [0.15, 0.2) is 0 Å². The molecule has 2 aliphatic rings. The summed E-state index contributed by atoms with van der Waals surface area (Å²) in [5, 5.41) is 3.06. The number of amides is 2. The summed E-state index contributed by atoms with van der Waals surface area (Å²) in [5.41, 5.74) is 1.88. The zero-order chi connectivity index (χ0) is 17.6. The Bertz CT molecular complexity index is 585. The van der Waals surface area contributed by atoms with E-state index < -0.39 is 0 Å². The van der Waals surface area contributed by atoms with Crippen LogP contribution in [0.2, 0.25) is 0 Å². The zero-order valence-electron chi connectivity index (χ0n) is 15.0. The molecule has 3 rings (SSSR count). The smallest absolute Gasteiger partial charge is 0.253 e. The largest absolute Gasteiger partial charge is 0.381 e. The van der Waals surface area contributed by atoms with E-state index in [0.717, 1.165) is 56.6 Å². The van der Waals surface area contributed by atoms with Crippen molar-refractivity contribution in [1.82, 2.24) is 10.2 Å². The van der Waals surface area contributed by atoms with E-state index in [1.54, 1.807) is 0 Å². The standard InChI is InChI=1S/C20H28N2O3/c1-15-2-4-18(5-3-15)20(24)22-11-7-17(8-12-22)19(23)21-10-6-16-9-13-25-14-16/h2-5,16-17H,6-14H2,1H3,(H,21,23)/t16-/m0/s1. The molecule has 2 aliphatic heterocycles. The molecule has 0 unspecified atom stereocenters. The molecule has 136 valence electrons. The van der Waals surface area contributed by atoms with E-state index in [1.165, 1.54) is 0 Å². The van der Waals surface area contributed by atoms with Crippen LogP contribution in [0.5, 0.6) is 0 Å². The summed E-state index contributed by atoms with van der Waals surface area (Å²) >= 11 is 0. The van der Waals surface area contributed by atoms with Gasteiger partial charge in [0.05, 0.1) is 0 Å². The van der Waals surface area contributed by atoms with Crippen molar-refractivity contribution in [3.63, 3.8) is 0 Å². The molecule has 2 saturated heterocycles. The molecule has 2 heterocycles. The monoisotopic (exact) mass is 344 g/mol. The van der Waals surface area contributed by atoms with E-state index in [9.17, 15) is 9.59 Å². The topological polar surface area (TPSA) is 58.6 Å². The first-order valence-electron chi connectivity index (χ1n) is 9.35. The molecular formula is C20H28N2O3. The number of carbonyl (C=O) groups excluding carboxylic acids is 2. The number of nitrogens with one attached hydrogen (secondary N) is 1. The van der Waals surface area contributed by atoms with Crippen molar-refractivity contribution in [3.8, 4) is 0 Å². The Kier molecular flexibility index (Phi) is 6.08. The van der Waals surface area contributed by atoms with E-state index in [0.29, 0.717) is 19.0 Å². The summed E-state index contributed by atoms with van der Waals surface area (Å²) in [5.74, 6) is 0.831. The molecule has 0 radical (unpaired) electrons. The van der Waals surface area contributed by atoms with Gasteiger partial charge in [0, 0.05) is 44.3 Å². The normalized spacial score (nSPS) is 21.3. The van der Waals surface area contributed by atoms with Gasteiger partial charge in [-0.2, -0.15) is 0 Å². The van der Waals surface area contributed by atoms with Gasteiger partial charge in [-0.05, 0) is 50.7 Å². The highest BCUT2D eigenvalue weighted by atomic mass is 16.5. The highest BCUT2D eigenvalue weighted by Crippen LogP contribution is 2.20. The van der Waals surface area contributed by atoms with Crippen molar-refractivity contribution < 1.29 is 14.3 Å². The van der Waals surface area contributed by atoms with Gasteiger partial charge >= 0.3 is 0 Å². The van der Waals surface area contributed by atoms with Gasteiger partial charge in [-0.1, -0.05) is 17.7 Å². The van der Waals surface area contributed by atoms with Gasteiger partial charge in [-0.25, -0.2) is 0 Å². The SMILES string of the molecule is Cc1ccc(C(=O)N2CCC(C(=O)NCC[C@H]3CCOC3)CC2)cc1. The average molecular weight is 344 g/mol. The van der Waals surface area contributed by atoms with Gasteiger partial charge in [0.1, 0.15) is 0 Å². The lowest BCUT2D eigenvalue weighted by molar-refractivity contribution is -0.126. The summed E-state index contributed by atoms with van der Waals surface area (Å²) in [6.45, 7) is 5.73. The van der Waals surface area contributed by atoms with Crippen molar-refractivity contribution in [2.45, 2.75) is 32.6 Å².